The molecule has 1 unspecified atom stereocenters. The number of benzene rings is 2. The number of hydrogen-bond acceptors (Lipinski definition) is 1. The minimum Gasteiger partial charge on any atom is -0.496 e. The van der Waals surface area contributed by atoms with Crippen molar-refractivity contribution in [2.24, 2.45) is 0 Å². The quantitative estimate of drug-likeness (QED) is 0.655. The summed E-state index contributed by atoms with van der Waals surface area (Å²) in [6.07, 6.45) is 0. The Hall–Kier alpha value is -1.06. The van der Waals surface area contributed by atoms with Crippen LogP contribution in [0.4, 0.5) is 4.39 Å². The third kappa shape index (κ3) is 2.99. The van der Waals surface area contributed by atoms with E-state index in [1.54, 1.807) is 26.2 Å². The van der Waals surface area contributed by atoms with Crippen LogP contribution in [0.2, 0.25) is 0 Å². The third-order valence-electron chi connectivity index (χ3n) is 3.26. The Labute approximate surface area is 131 Å². The second kappa shape index (κ2) is 6.15. The topological polar surface area (TPSA) is 9.23 Å². The number of alkyl halides is 1. The van der Waals surface area contributed by atoms with E-state index in [1.165, 1.54) is 6.07 Å². The van der Waals surface area contributed by atoms with Gasteiger partial charge in [-0.25, -0.2) is 4.39 Å². The first-order chi connectivity index (χ1) is 9.43. The van der Waals surface area contributed by atoms with Gasteiger partial charge in [0.2, 0.25) is 0 Å². The van der Waals surface area contributed by atoms with Crippen molar-refractivity contribution >= 4 is 27.5 Å². The number of rotatable bonds is 3. The van der Waals surface area contributed by atoms with E-state index in [0.29, 0.717) is 5.56 Å². The lowest BCUT2D eigenvalue weighted by Gasteiger charge is -2.16. The van der Waals surface area contributed by atoms with Gasteiger partial charge in [0.25, 0.3) is 0 Å². The fourth-order valence-corrected chi connectivity index (χ4v) is 2.72. The average Bonchev–Trinajstić information content (AvgIpc) is 2.43. The van der Waals surface area contributed by atoms with Gasteiger partial charge in [-0.2, -0.15) is 0 Å². The van der Waals surface area contributed by atoms with Gasteiger partial charge in [0, 0.05) is 10.0 Å². The Kier molecular flexibility index (Phi) is 4.71. The average molecular weight is 358 g/mol. The van der Waals surface area contributed by atoms with Crippen molar-refractivity contribution in [1.82, 2.24) is 0 Å². The molecule has 106 valence electrons. The van der Waals surface area contributed by atoms with Crippen LogP contribution in [0.25, 0.3) is 0 Å². The number of aryl methyl sites for hydroxylation is 2. The Morgan fingerprint density at radius 1 is 1.15 bits per heavy atom. The van der Waals surface area contributed by atoms with Gasteiger partial charge in [-0.3, -0.25) is 0 Å². The molecule has 0 aliphatic rings. The highest BCUT2D eigenvalue weighted by Crippen LogP contribution is 2.38. The van der Waals surface area contributed by atoms with E-state index < -0.39 is 0 Å². The predicted molar refractivity (Wildman–Crippen MR) is 84.3 cm³/mol. The second-order valence-electron chi connectivity index (χ2n) is 4.71. The zero-order valence-corrected chi connectivity index (χ0v) is 13.8. The Balaban J connectivity index is 2.49. The van der Waals surface area contributed by atoms with Crippen molar-refractivity contribution in [1.29, 1.82) is 0 Å². The second-order valence-corrected chi connectivity index (χ2v) is 6.01. The molecule has 0 saturated carbocycles. The van der Waals surface area contributed by atoms with Gasteiger partial charge in [0.1, 0.15) is 11.6 Å². The van der Waals surface area contributed by atoms with Crippen LogP contribution in [0.3, 0.4) is 0 Å². The van der Waals surface area contributed by atoms with Crippen molar-refractivity contribution in [2.75, 3.05) is 7.11 Å². The molecule has 4 heteroatoms. The molecule has 0 aromatic heterocycles. The van der Waals surface area contributed by atoms with Crippen LogP contribution in [0.5, 0.6) is 5.75 Å². The zero-order valence-electron chi connectivity index (χ0n) is 11.5. The molecule has 0 N–H and O–H groups in total. The molecule has 2 rings (SSSR count). The maximum atomic E-state index is 13.4. The molecule has 0 aliphatic heterocycles. The van der Waals surface area contributed by atoms with Gasteiger partial charge in [-0.1, -0.05) is 28.1 Å². The van der Waals surface area contributed by atoms with E-state index in [9.17, 15) is 4.39 Å². The minimum absolute atomic E-state index is 0.227. The third-order valence-corrected chi connectivity index (χ3v) is 4.60. The Bertz CT molecular complexity index is 643. The van der Waals surface area contributed by atoms with Crippen LogP contribution in [0.1, 0.15) is 27.6 Å². The van der Waals surface area contributed by atoms with Gasteiger partial charge in [-0.15, -0.1) is 11.6 Å². The van der Waals surface area contributed by atoms with Gasteiger partial charge in [-0.05, 0) is 48.7 Å². The largest absolute Gasteiger partial charge is 0.496 e. The van der Waals surface area contributed by atoms with E-state index >= 15 is 0 Å². The molecule has 2 aromatic rings. The summed E-state index contributed by atoms with van der Waals surface area (Å²) in [4.78, 5) is 0. The minimum atomic E-state index is -0.388. The first-order valence-corrected chi connectivity index (χ1v) is 7.41. The Morgan fingerprint density at radius 2 is 1.85 bits per heavy atom. The van der Waals surface area contributed by atoms with Crippen molar-refractivity contribution in [3.63, 3.8) is 0 Å². The van der Waals surface area contributed by atoms with Crippen LogP contribution in [0.15, 0.2) is 34.8 Å². The first kappa shape index (κ1) is 15.3. The van der Waals surface area contributed by atoms with Gasteiger partial charge in [0.15, 0.2) is 0 Å². The predicted octanol–water partition coefficient (Wildman–Crippen LogP) is 5.54. The van der Waals surface area contributed by atoms with Gasteiger partial charge < -0.3 is 4.74 Å². The summed E-state index contributed by atoms with van der Waals surface area (Å²) in [5.74, 6) is 0.502. The van der Waals surface area contributed by atoms with E-state index in [0.717, 1.165) is 26.9 Å². The normalized spacial score (nSPS) is 12.3. The number of methoxy groups -OCH3 is 1. The van der Waals surface area contributed by atoms with Crippen LogP contribution < -0.4 is 4.74 Å². The van der Waals surface area contributed by atoms with Gasteiger partial charge >= 0.3 is 0 Å². The molecule has 0 radical (unpaired) electrons. The smallest absolute Gasteiger partial charge is 0.126 e. The number of ether oxygens (including phenoxy) is 1. The van der Waals surface area contributed by atoms with Gasteiger partial charge in [0.05, 0.1) is 12.5 Å². The van der Waals surface area contributed by atoms with Crippen LogP contribution >= 0.6 is 27.5 Å². The molecule has 20 heavy (non-hydrogen) atoms. The standard InChI is InChI=1S/C16H15BrClFO/c1-9-7-15(20-3)12(8-13(9)17)16(18)11-4-5-14(19)10(2)6-11/h4-8,16H,1-3H3. The highest BCUT2D eigenvalue weighted by atomic mass is 79.9. The maximum Gasteiger partial charge on any atom is 0.126 e. The monoisotopic (exact) mass is 356 g/mol. The summed E-state index contributed by atoms with van der Waals surface area (Å²) < 4.78 is 19.7. The fourth-order valence-electron chi connectivity index (χ4n) is 2.05. The van der Waals surface area contributed by atoms with Crippen molar-refractivity contribution in [3.05, 3.63) is 62.9 Å². The van der Waals surface area contributed by atoms with Crippen LogP contribution in [-0.2, 0) is 0 Å². The molecule has 0 spiro atoms. The molecule has 1 atom stereocenters. The molecule has 2 aromatic carbocycles. The zero-order chi connectivity index (χ0) is 14.9. The van der Waals surface area contributed by atoms with E-state index in [-0.39, 0.29) is 11.2 Å². The molecule has 0 heterocycles. The van der Waals surface area contributed by atoms with Crippen LogP contribution in [0, 0.1) is 19.7 Å². The molecule has 0 amide bonds. The summed E-state index contributed by atoms with van der Waals surface area (Å²) in [6.45, 7) is 3.71. The number of halogens is 3. The molecule has 0 bridgehead atoms. The summed E-state index contributed by atoms with van der Waals surface area (Å²) in [6, 6.07) is 8.79. The SMILES string of the molecule is COc1cc(C)c(Br)cc1C(Cl)c1ccc(F)c(C)c1. The van der Waals surface area contributed by atoms with E-state index in [1.807, 2.05) is 19.1 Å². The molecular weight excluding hydrogens is 343 g/mol. The molecule has 1 nitrogen and oxygen atoms in total. The number of hydrogen-bond donors (Lipinski definition) is 0. The fraction of sp³-hybridized carbons (Fsp3) is 0.250. The summed E-state index contributed by atoms with van der Waals surface area (Å²) >= 11 is 10.0. The van der Waals surface area contributed by atoms with Crippen LogP contribution in [-0.4, -0.2) is 7.11 Å². The maximum absolute atomic E-state index is 13.4. The van der Waals surface area contributed by atoms with Crippen molar-refractivity contribution in [3.8, 4) is 5.75 Å². The lowest BCUT2D eigenvalue weighted by molar-refractivity contribution is 0.409. The summed E-state index contributed by atoms with van der Waals surface area (Å²) in [5.41, 5.74) is 3.36. The summed E-state index contributed by atoms with van der Waals surface area (Å²) in [5, 5.41) is -0.388. The lowest BCUT2D eigenvalue weighted by Crippen LogP contribution is -1.99. The van der Waals surface area contributed by atoms with Crippen molar-refractivity contribution in [2.45, 2.75) is 19.2 Å². The Morgan fingerprint density at radius 3 is 2.45 bits per heavy atom. The molecule has 0 aliphatic carbocycles. The summed E-state index contributed by atoms with van der Waals surface area (Å²) in [7, 11) is 1.62. The van der Waals surface area contributed by atoms with Crippen molar-refractivity contribution < 1.29 is 9.13 Å². The molecular formula is C16H15BrClFO. The highest BCUT2D eigenvalue weighted by Gasteiger charge is 2.18. The van der Waals surface area contributed by atoms with E-state index in [2.05, 4.69) is 15.9 Å². The first-order valence-electron chi connectivity index (χ1n) is 6.18. The highest BCUT2D eigenvalue weighted by molar-refractivity contribution is 9.10. The molecule has 0 fully saturated rings. The molecule has 0 saturated heterocycles. The van der Waals surface area contributed by atoms with E-state index in [4.69, 9.17) is 16.3 Å². The lowest BCUT2D eigenvalue weighted by atomic mass is 10.0.